The van der Waals surface area contributed by atoms with E-state index < -0.39 is 18.4 Å². The molecule has 1 saturated heterocycles. The van der Waals surface area contributed by atoms with Crippen molar-refractivity contribution in [1.29, 1.82) is 0 Å². The van der Waals surface area contributed by atoms with E-state index in [4.69, 9.17) is 17.3 Å². The number of hydrogen-bond donors (Lipinski definition) is 1. The van der Waals surface area contributed by atoms with Crippen molar-refractivity contribution in [3.05, 3.63) is 46.1 Å². The molecule has 9 heteroatoms. The van der Waals surface area contributed by atoms with Gasteiger partial charge in [0.25, 0.3) is 5.91 Å². The molecule has 3 rings (SSSR count). The maximum absolute atomic E-state index is 12.2. The van der Waals surface area contributed by atoms with Gasteiger partial charge >= 0.3 is 5.97 Å². The number of aliphatic carboxylic acids is 1. The molecule has 7 nitrogen and oxygen atoms in total. The fourth-order valence-electron chi connectivity index (χ4n) is 2.24. The Hall–Kier alpha value is -2.52. The zero-order valence-corrected chi connectivity index (χ0v) is 15.1. The summed E-state index contributed by atoms with van der Waals surface area (Å²) in [5, 5.41) is 17.0. The molecular formula is C16H14N4O3S2. The summed E-state index contributed by atoms with van der Waals surface area (Å²) >= 11 is 6.12. The Kier molecular flexibility index (Phi) is 4.69. The summed E-state index contributed by atoms with van der Waals surface area (Å²) in [7, 11) is 0. The van der Waals surface area contributed by atoms with E-state index in [2.05, 4.69) is 10.3 Å². The molecule has 1 aromatic carbocycles. The average molecular weight is 374 g/mol. The topological polar surface area (TPSA) is 88.3 Å². The Bertz CT molecular complexity index is 920. The average Bonchev–Trinajstić information content (AvgIpc) is 3.11. The van der Waals surface area contributed by atoms with Crippen LogP contribution in [0.3, 0.4) is 0 Å². The Morgan fingerprint density at radius 1 is 1.36 bits per heavy atom. The molecule has 1 N–H and O–H groups in total. The van der Waals surface area contributed by atoms with Crippen LogP contribution in [0.5, 0.6) is 0 Å². The van der Waals surface area contributed by atoms with Gasteiger partial charge in [-0.2, -0.15) is 0 Å². The molecule has 1 fully saturated rings. The standard InChI is InChI=1S/C16H14N4O3S2/c1-9-3-4-12(5-10(9)2)20-7-11(17-18-20)6-13-15(23)19(8-14(21)22)16(24)25-13/h3-7H,8H2,1-2H3,(H,21,22)/b13-6-. The number of carboxylic acids is 1. The van der Waals surface area contributed by atoms with Crippen LogP contribution in [0.2, 0.25) is 0 Å². The number of carbonyl (C=O) groups is 2. The van der Waals surface area contributed by atoms with Crippen LogP contribution in [0.1, 0.15) is 16.8 Å². The number of benzene rings is 1. The Labute approximate surface area is 153 Å². The van der Waals surface area contributed by atoms with Crippen molar-refractivity contribution in [3.63, 3.8) is 0 Å². The maximum Gasteiger partial charge on any atom is 0.323 e. The number of hydrogen-bond acceptors (Lipinski definition) is 6. The van der Waals surface area contributed by atoms with E-state index in [0.717, 1.165) is 27.9 Å². The van der Waals surface area contributed by atoms with Crippen molar-refractivity contribution < 1.29 is 14.7 Å². The third kappa shape index (κ3) is 3.62. The summed E-state index contributed by atoms with van der Waals surface area (Å²) in [6.45, 7) is 3.60. The van der Waals surface area contributed by atoms with Crippen molar-refractivity contribution in [2.45, 2.75) is 13.8 Å². The predicted octanol–water partition coefficient (Wildman–Crippen LogP) is 2.17. The first-order valence-electron chi connectivity index (χ1n) is 7.32. The Morgan fingerprint density at radius 2 is 2.12 bits per heavy atom. The molecule has 0 unspecified atom stereocenters. The van der Waals surface area contributed by atoms with E-state index in [1.807, 2.05) is 32.0 Å². The van der Waals surface area contributed by atoms with Gasteiger partial charge in [-0.25, -0.2) is 4.68 Å². The first-order chi connectivity index (χ1) is 11.8. The molecule has 1 aromatic heterocycles. The quantitative estimate of drug-likeness (QED) is 0.648. The molecule has 0 radical (unpaired) electrons. The van der Waals surface area contributed by atoms with Crippen molar-refractivity contribution in [3.8, 4) is 5.69 Å². The van der Waals surface area contributed by atoms with Crippen LogP contribution < -0.4 is 0 Å². The van der Waals surface area contributed by atoms with Gasteiger partial charge in [-0.05, 0) is 43.2 Å². The number of rotatable bonds is 4. The molecule has 128 valence electrons. The third-order valence-electron chi connectivity index (χ3n) is 3.71. The second kappa shape index (κ2) is 6.77. The smallest absolute Gasteiger partial charge is 0.323 e. The van der Waals surface area contributed by atoms with Gasteiger partial charge in [0, 0.05) is 0 Å². The Balaban J connectivity index is 1.84. The van der Waals surface area contributed by atoms with Crippen LogP contribution in [0, 0.1) is 13.8 Å². The minimum absolute atomic E-state index is 0.222. The van der Waals surface area contributed by atoms with E-state index in [9.17, 15) is 9.59 Å². The van der Waals surface area contributed by atoms with Crippen molar-refractivity contribution in [1.82, 2.24) is 19.9 Å². The summed E-state index contributed by atoms with van der Waals surface area (Å²) in [6.07, 6.45) is 3.26. The van der Waals surface area contributed by atoms with Crippen LogP contribution in [0.15, 0.2) is 29.3 Å². The van der Waals surface area contributed by atoms with Gasteiger partial charge in [0.2, 0.25) is 0 Å². The maximum atomic E-state index is 12.2. The normalized spacial score (nSPS) is 16.1. The highest BCUT2D eigenvalue weighted by molar-refractivity contribution is 8.26. The van der Waals surface area contributed by atoms with Crippen molar-refractivity contribution in [2.24, 2.45) is 0 Å². The monoisotopic (exact) mass is 374 g/mol. The van der Waals surface area contributed by atoms with Crippen LogP contribution in [0.25, 0.3) is 11.8 Å². The molecule has 1 aliphatic rings. The van der Waals surface area contributed by atoms with E-state index in [-0.39, 0.29) is 4.32 Å². The lowest BCUT2D eigenvalue weighted by Crippen LogP contribution is -2.33. The first-order valence-corrected chi connectivity index (χ1v) is 8.55. The second-order valence-corrected chi connectivity index (χ2v) is 7.19. The summed E-state index contributed by atoms with van der Waals surface area (Å²) < 4.78 is 1.84. The number of carboxylic acid groups (broad SMARTS) is 1. The molecule has 0 bridgehead atoms. The molecule has 2 aromatic rings. The number of aryl methyl sites for hydroxylation is 2. The molecule has 0 saturated carbocycles. The molecule has 2 heterocycles. The fourth-order valence-corrected chi connectivity index (χ4v) is 3.48. The third-order valence-corrected chi connectivity index (χ3v) is 5.09. The van der Waals surface area contributed by atoms with Crippen molar-refractivity contribution in [2.75, 3.05) is 6.54 Å². The van der Waals surface area contributed by atoms with Gasteiger partial charge in [0.15, 0.2) is 0 Å². The van der Waals surface area contributed by atoms with Crippen LogP contribution >= 0.6 is 24.0 Å². The molecule has 25 heavy (non-hydrogen) atoms. The number of thiocarbonyl (C=S) groups is 1. The number of thioether (sulfide) groups is 1. The summed E-state index contributed by atoms with van der Waals surface area (Å²) in [5.74, 6) is -1.55. The largest absolute Gasteiger partial charge is 0.480 e. The SMILES string of the molecule is Cc1ccc(-n2cc(/C=C3\SC(=S)N(CC(=O)O)C3=O)nn2)cc1C. The van der Waals surface area contributed by atoms with E-state index in [1.165, 1.54) is 5.56 Å². The minimum atomic E-state index is -1.11. The summed E-state index contributed by atoms with van der Waals surface area (Å²) in [6, 6.07) is 5.94. The van der Waals surface area contributed by atoms with E-state index >= 15 is 0 Å². The highest BCUT2D eigenvalue weighted by atomic mass is 32.2. The highest BCUT2D eigenvalue weighted by Gasteiger charge is 2.33. The molecule has 0 spiro atoms. The summed E-state index contributed by atoms with van der Waals surface area (Å²) in [4.78, 5) is 24.5. The highest BCUT2D eigenvalue weighted by Crippen LogP contribution is 2.32. The van der Waals surface area contributed by atoms with E-state index in [1.54, 1.807) is 17.0 Å². The first kappa shape index (κ1) is 17.3. The van der Waals surface area contributed by atoms with Crippen LogP contribution in [0.4, 0.5) is 0 Å². The number of nitrogens with zero attached hydrogens (tertiary/aromatic N) is 4. The summed E-state index contributed by atoms with van der Waals surface area (Å²) in [5.41, 5.74) is 3.69. The lowest BCUT2D eigenvalue weighted by atomic mass is 10.1. The van der Waals surface area contributed by atoms with E-state index in [0.29, 0.717) is 10.6 Å². The molecule has 1 aliphatic heterocycles. The number of aromatic nitrogens is 3. The number of amides is 1. The molecule has 0 aliphatic carbocycles. The fraction of sp³-hybridized carbons (Fsp3) is 0.188. The van der Waals surface area contributed by atoms with Crippen molar-refractivity contribution >= 4 is 46.3 Å². The van der Waals surface area contributed by atoms with Gasteiger partial charge < -0.3 is 5.11 Å². The minimum Gasteiger partial charge on any atom is -0.480 e. The lowest BCUT2D eigenvalue weighted by Gasteiger charge is -2.09. The molecular weight excluding hydrogens is 360 g/mol. The molecule has 1 amide bonds. The zero-order valence-electron chi connectivity index (χ0n) is 13.5. The molecule has 0 atom stereocenters. The van der Waals surface area contributed by atoms with Gasteiger partial charge in [0.05, 0.1) is 16.8 Å². The van der Waals surface area contributed by atoms with Crippen LogP contribution in [-0.2, 0) is 9.59 Å². The van der Waals surface area contributed by atoms with Gasteiger partial charge in [-0.3, -0.25) is 14.5 Å². The van der Waals surface area contributed by atoms with Gasteiger partial charge in [-0.15, -0.1) is 5.10 Å². The predicted molar refractivity (Wildman–Crippen MR) is 98.3 cm³/mol. The van der Waals surface area contributed by atoms with Crippen LogP contribution in [-0.4, -0.2) is 47.7 Å². The van der Waals surface area contributed by atoms with Gasteiger partial charge in [0.1, 0.15) is 16.6 Å². The number of carbonyl (C=O) groups excluding carboxylic acids is 1. The lowest BCUT2D eigenvalue weighted by molar-refractivity contribution is -0.140. The second-order valence-electron chi connectivity index (χ2n) is 5.52. The Morgan fingerprint density at radius 3 is 2.80 bits per heavy atom. The van der Waals surface area contributed by atoms with Gasteiger partial charge in [-0.1, -0.05) is 35.3 Å². The zero-order chi connectivity index (χ0) is 18.1.